The number of anilines is 2. The molecule has 0 spiro atoms. The number of nitrogens with zero attached hydrogens (tertiary/aromatic N) is 1. The number of carboxylic acids is 1. The fraction of sp³-hybridized carbons (Fsp3) is 0. The highest BCUT2D eigenvalue weighted by Crippen LogP contribution is 2.36. The molecule has 35 heavy (non-hydrogen) atoms. The van der Waals surface area contributed by atoms with E-state index >= 15 is 0 Å². The van der Waals surface area contributed by atoms with E-state index in [1.54, 1.807) is 54.6 Å². The molecule has 0 atom stereocenters. The molecular formula is C27H18FN3O4. The van der Waals surface area contributed by atoms with Crippen LogP contribution in [0.4, 0.5) is 15.8 Å². The molecule has 1 amide bonds. The van der Waals surface area contributed by atoms with Gasteiger partial charge in [-0.25, -0.2) is 9.18 Å². The largest absolute Gasteiger partial charge is 0.505 e. The van der Waals surface area contributed by atoms with Crippen LogP contribution in [-0.4, -0.2) is 27.8 Å². The number of benzene rings is 4. The topological polar surface area (TPSA) is 111 Å². The summed E-state index contributed by atoms with van der Waals surface area (Å²) in [6.45, 7) is 0. The van der Waals surface area contributed by atoms with E-state index in [9.17, 15) is 24.2 Å². The zero-order valence-corrected chi connectivity index (χ0v) is 18.1. The van der Waals surface area contributed by atoms with Crippen LogP contribution in [0, 0.1) is 5.82 Å². The number of aromatic carboxylic acids is 1. The van der Waals surface area contributed by atoms with Crippen molar-refractivity contribution in [1.82, 2.24) is 0 Å². The maximum absolute atomic E-state index is 13.2. The van der Waals surface area contributed by atoms with Gasteiger partial charge in [0.25, 0.3) is 5.91 Å². The van der Waals surface area contributed by atoms with E-state index in [-0.39, 0.29) is 28.5 Å². The van der Waals surface area contributed by atoms with Gasteiger partial charge >= 0.3 is 5.97 Å². The van der Waals surface area contributed by atoms with Gasteiger partial charge in [-0.3, -0.25) is 10.2 Å². The average molecular weight is 467 g/mol. The zero-order chi connectivity index (χ0) is 24.5. The van der Waals surface area contributed by atoms with Crippen molar-refractivity contribution in [3.05, 3.63) is 102 Å². The second-order valence-corrected chi connectivity index (χ2v) is 7.88. The number of rotatable bonds is 5. The van der Waals surface area contributed by atoms with Crippen molar-refractivity contribution in [2.75, 3.05) is 10.7 Å². The molecule has 0 saturated carbocycles. The summed E-state index contributed by atoms with van der Waals surface area (Å²) in [6, 6.07) is 22.6. The molecule has 8 heteroatoms. The lowest BCUT2D eigenvalue weighted by atomic mass is 10.0. The van der Waals surface area contributed by atoms with Crippen LogP contribution in [0.25, 0.3) is 22.3 Å². The maximum atomic E-state index is 13.2. The zero-order valence-electron chi connectivity index (χ0n) is 18.1. The minimum atomic E-state index is -1.07. The summed E-state index contributed by atoms with van der Waals surface area (Å²) in [6.07, 6.45) is 0. The monoisotopic (exact) mass is 467 g/mol. The molecule has 5 rings (SSSR count). The van der Waals surface area contributed by atoms with Crippen molar-refractivity contribution >= 4 is 29.0 Å². The van der Waals surface area contributed by atoms with Crippen LogP contribution >= 0.6 is 0 Å². The van der Waals surface area contributed by atoms with E-state index in [1.165, 1.54) is 24.3 Å². The van der Waals surface area contributed by atoms with Crippen LogP contribution in [0.5, 0.6) is 5.75 Å². The van der Waals surface area contributed by atoms with Crippen LogP contribution in [0.15, 0.2) is 90.0 Å². The number of carboxylic acid groups (broad SMARTS) is 1. The summed E-state index contributed by atoms with van der Waals surface area (Å²) in [5.41, 5.74) is 6.94. The molecule has 1 aliphatic heterocycles. The highest BCUT2D eigenvalue weighted by molar-refractivity contribution is 6.54. The first kappa shape index (κ1) is 21.8. The number of phenols is 1. The van der Waals surface area contributed by atoms with Gasteiger partial charge in [0.15, 0.2) is 5.71 Å². The quantitative estimate of drug-likeness (QED) is 0.234. The van der Waals surface area contributed by atoms with E-state index in [0.29, 0.717) is 22.4 Å². The fourth-order valence-corrected chi connectivity index (χ4v) is 3.89. The lowest BCUT2D eigenvalue weighted by Gasteiger charge is -2.10. The molecule has 172 valence electrons. The lowest BCUT2D eigenvalue weighted by molar-refractivity contribution is -0.110. The molecule has 1 aliphatic rings. The van der Waals surface area contributed by atoms with E-state index in [0.717, 1.165) is 11.1 Å². The summed E-state index contributed by atoms with van der Waals surface area (Å²) in [7, 11) is 0. The molecule has 0 fully saturated rings. The van der Waals surface area contributed by atoms with E-state index < -0.39 is 11.9 Å². The molecule has 0 aliphatic carbocycles. The number of carbonyl (C=O) groups is 2. The third-order valence-corrected chi connectivity index (χ3v) is 5.66. The van der Waals surface area contributed by atoms with Gasteiger partial charge in [-0.2, -0.15) is 5.10 Å². The van der Waals surface area contributed by atoms with E-state index in [1.807, 2.05) is 6.07 Å². The summed E-state index contributed by atoms with van der Waals surface area (Å²) in [5, 5.41) is 27.0. The molecule has 0 aromatic heterocycles. The van der Waals surface area contributed by atoms with Crippen LogP contribution in [0.1, 0.15) is 15.9 Å². The van der Waals surface area contributed by atoms with Crippen molar-refractivity contribution in [1.29, 1.82) is 0 Å². The lowest BCUT2D eigenvalue weighted by Crippen LogP contribution is -2.15. The Balaban J connectivity index is 1.44. The molecule has 0 saturated heterocycles. The number of halogens is 1. The van der Waals surface area contributed by atoms with Gasteiger partial charge in [-0.15, -0.1) is 0 Å². The second kappa shape index (κ2) is 8.75. The standard InChI is InChI=1S/C27H18FN3O4/c28-19-10-7-15(8-11-19)16-9-12-21-23(14-16)29-26(33)24(21)31-30-22-6-2-5-20(25(22)32)17-3-1-4-18(13-17)27(34)35/h1-14,30,32H,(H,34,35)(H,29,31,33). The first-order chi connectivity index (χ1) is 16.9. The van der Waals surface area contributed by atoms with E-state index in [4.69, 9.17) is 0 Å². The summed E-state index contributed by atoms with van der Waals surface area (Å²) in [5.74, 6) is -1.94. The first-order valence-electron chi connectivity index (χ1n) is 10.6. The van der Waals surface area contributed by atoms with Crippen molar-refractivity contribution in [3.63, 3.8) is 0 Å². The Morgan fingerprint density at radius 1 is 0.857 bits per heavy atom. The predicted molar refractivity (Wildman–Crippen MR) is 131 cm³/mol. The van der Waals surface area contributed by atoms with Crippen LogP contribution in [-0.2, 0) is 4.79 Å². The van der Waals surface area contributed by atoms with Crippen LogP contribution in [0.3, 0.4) is 0 Å². The highest BCUT2D eigenvalue weighted by atomic mass is 19.1. The number of carbonyl (C=O) groups excluding carboxylic acids is 1. The van der Waals surface area contributed by atoms with Gasteiger partial charge in [0.1, 0.15) is 11.6 Å². The van der Waals surface area contributed by atoms with Crippen molar-refractivity contribution in [2.45, 2.75) is 0 Å². The summed E-state index contributed by atoms with van der Waals surface area (Å²) >= 11 is 0. The molecule has 4 N–H and O–H groups in total. The number of nitrogens with one attached hydrogen (secondary N) is 2. The Kier molecular flexibility index (Phi) is 5.46. The maximum Gasteiger partial charge on any atom is 0.335 e. The van der Waals surface area contributed by atoms with E-state index in [2.05, 4.69) is 15.8 Å². The number of hydrogen-bond donors (Lipinski definition) is 4. The third kappa shape index (κ3) is 4.20. The molecule has 0 bridgehead atoms. The molecule has 0 radical (unpaired) electrons. The van der Waals surface area contributed by atoms with Gasteiger partial charge in [-0.05, 0) is 59.2 Å². The highest BCUT2D eigenvalue weighted by Gasteiger charge is 2.26. The number of hydrogen-bond acceptors (Lipinski definition) is 5. The van der Waals surface area contributed by atoms with Gasteiger partial charge in [-0.1, -0.05) is 42.5 Å². The average Bonchev–Trinajstić information content (AvgIpc) is 3.18. The predicted octanol–water partition coefficient (Wildman–Crippen LogP) is 5.33. The van der Waals surface area contributed by atoms with Crippen molar-refractivity contribution < 1.29 is 24.2 Å². The second-order valence-electron chi connectivity index (χ2n) is 7.88. The van der Waals surface area contributed by atoms with Gasteiger partial charge in [0, 0.05) is 11.1 Å². The Morgan fingerprint density at radius 3 is 2.37 bits per heavy atom. The Hall–Kier alpha value is -4.98. The molecule has 4 aromatic carbocycles. The smallest absolute Gasteiger partial charge is 0.335 e. The Morgan fingerprint density at radius 2 is 1.60 bits per heavy atom. The number of phenolic OH excluding ortho intramolecular Hbond substituents is 1. The number of fused-ring (bicyclic) bond motifs is 1. The molecular weight excluding hydrogens is 449 g/mol. The SMILES string of the molecule is O=C1Nc2cc(-c3ccc(F)cc3)ccc2C1=NNc1cccc(-c2cccc(C(=O)O)c2)c1O. The molecule has 0 unspecified atom stereocenters. The fourth-order valence-electron chi connectivity index (χ4n) is 3.89. The summed E-state index contributed by atoms with van der Waals surface area (Å²) in [4.78, 5) is 23.9. The van der Waals surface area contributed by atoms with Crippen LogP contribution < -0.4 is 10.7 Å². The minimum Gasteiger partial charge on any atom is -0.505 e. The van der Waals surface area contributed by atoms with Crippen molar-refractivity contribution in [2.24, 2.45) is 5.10 Å². The molecule has 7 nitrogen and oxygen atoms in total. The Labute approximate surface area is 199 Å². The van der Waals surface area contributed by atoms with Gasteiger partial charge in [0.05, 0.1) is 16.9 Å². The molecule has 1 heterocycles. The molecule has 4 aromatic rings. The van der Waals surface area contributed by atoms with Gasteiger partial charge < -0.3 is 15.5 Å². The number of amides is 1. The Bertz CT molecular complexity index is 1510. The van der Waals surface area contributed by atoms with Gasteiger partial charge in [0.2, 0.25) is 0 Å². The normalized spacial score (nSPS) is 13.4. The number of aromatic hydroxyl groups is 1. The minimum absolute atomic E-state index is 0.0970. The third-order valence-electron chi connectivity index (χ3n) is 5.66. The first-order valence-corrected chi connectivity index (χ1v) is 10.6. The van der Waals surface area contributed by atoms with Crippen molar-refractivity contribution in [3.8, 4) is 28.0 Å². The number of hydrazone groups is 1. The summed E-state index contributed by atoms with van der Waals surface area (Å²) < 4.78 is 13.2. The van der Waals surface area contributed by atoms with Crippen LogP contribution in [0.2, 0.25) is 0 Å². The number of para-hydroxylation sites is 1.